The fourth-order valence-corrected chi connectivity index (χ4v) is 14.2. The van der Waals surface area contributed by atoms with Gasteiger partial charge in [0.15, 0.2) is 18.9 Å². The first-order chi connectivity index (χ1) is 50.0. The van der Waals surface area contributed by atoms with Crippen molar-refractivity contribution in [3.8, 4) is 0 Å². The minimum absolute atomic E-state index is 0.163. The predicted octanol–water partition coefficient (Wildman–Crippen LogP) is 4.25. The van der Waals surface area contributed by atoms with E-state index in [4.69, 9.17) is 37.9 Å². The van der Waals surface area contributed by atoms with E-state index in [1.165, 1.54) is 161 Å². The van der Waals surface area contributed by atoms with Gasteiger partial charge >= 0.3 is 5.97 Å². The van der Waals surface area contributed by atoms with Gasteiger partial charge in [0.1, 0.15) is 91.5 Å². The summed E-state index contributed by atoms with van der Waals surface area (Å²) in [6.07, 6.45) is 6.59. The smallest absolute Gasteiger partial charge is 0.364 e. The van der Waals surface area contributed by atoms with Crippen molar-refractivity contribution < 1.29 is 129 Å². The predicted molar refractivity (Wildman–Crippen MR) is 383 cm³/mol. The maximum atomic E-state index is 13.6. The first-order valence-corrected chi connectivity index (χ1v) is 39.6. The zero-order valence-corrected chi connectivity index (χ0v) is 62.7. The van der Waals surface area contributed by atoms with Gasteiger partial charge in [-0.25, -0.2) is 4.79 Å². The number of aliphatic hydroxyl groups excluding tert-OH is 13. The zero-order valence-electron chi connectivity index (χ0n) is 62.7. The maximum Gasteiger partial charge on any atom is 0.364 e. The molecule has 0 saturated carbocycles. The fraction of sp³-hybridized carbons (Fsp3) is 0.920. The lowest BCUT2D eigenvalue weighted by Crippen LogP contribution is -2.72. The number of carboxylic acid groups (broad SMARTS) is 1. The summed E-state index contributed by atoms with van der Waals surface area (Å²) in [5, 5.41) is 163. The Hall–Kier alpha value is -3.22. The van der Waals surface area contributed by atoms with Crippen molar-refractivity contribution in [3.05, 3.63) is 12.2 Å². The number of aliphatic hydroxyl groups is 13. The Balaban J connectivity index is 1.45. The van der Waals surface area contributed by atoms with Gasteiger partial charge in [0.05, 0.1) is 57.3 Å². The highest BCUT2D eigenvalue weighted by Crippen LogP contribution is 2.40. The number of allylic oxidation sites excluding steroid dienone is 1. The minimum atomic E-state index is -3.28. The number of rotatable bonds is 57. The summed E-state index contributed by atoms with van der Waals surface area (Å²) < 4.78 is 48.0. The van der Waals surface area contributed by atoms with E-state index in [2.05, 4.69) is 29.8 Å². The van der Waals surface area contributed by atoms with Crippen molar-refractivity contribution in [1.82, 2.24) is 16.0 Å². The SMILES string of the molecule is CCCCCCCCCCCCCC=C[C@@H](O)[C@H](CO[C@@H]1O[C@H](CO)[C@@H](O[C@@H]2O[C@H](CO)[C@H](O[C@@H]3O[C@H](CO)[C@H](O)[C@H](O)[C@H]3NC(C)=O)[C@H](O[C@]3(C(=O)O)C[C@H](O)[C@@H](NC(C)=O)C([C@H](O)[C@H](O)CO)O3)[C@H]2O)[C@H](O)[C@H]1O)NC(=O)CCCCCCCCCCCCCCCCCCCCCCCCC. The van der Waals surface area contributed by atoms with Crippen LogP contribution >= 0.6 is 0 Å². The van der Waals surface area contributed by atoms with Crippen molar-refractivity contribution in [3.63, 3.8) is 0 Å². The van der Waals surface area contributed by atoms with Crippen LogP contribution in [0.15, 0.2) is 12.2 Å². The van der Waals surface area contributed by atoms with Gasteiger partial charge in [-0.1, -0.05) is 231 Å². The number of carbonyl (C=O) groups excluding carboxylic acids is 3. The molecule has 0 aromatic carbocycles. The molecule has 1 unspecified atom stereocenters. The van der Waals surface area contributed by atoms with Gasteiger partial charge in [-0.15, -0.1) is 0 Å². The summed E-state index contributed by atoms with van der Waals surface area (Å²) >= 11 is 0. The lowest BCUT2D eigenvalue weighted by atomic mass is 9.88. The Morgan fingerprint density at radius 2 is 0.933 bits per heavy atom. The second-order valence-electron chi connectivity index (χ2n) is 29.3. The van der Waals surface area contributed by atoms with Crippen LogP contribution in [-0.4, -0.2) is 269 Å². The van der Waals surface area contributed by atoms with Crippen LogP contribution in [0, 0.1) is 0 Å². The Morgan fingerprint density at radius 1 is 0.500 bits per heavy atom. The summed E-state index contributed by atoms with van der Waals surface area (Å²) in [5.41, 5.74) is 0. The van der Waals surface area contributed by atoms with E-state index < -0.39 is 198 Å². The molecule has 0 bridgehead atoms. The molecule has 3 amide bonds. The average molecular weight is 1500 g/mol. The van der Waals surface area contributed by atoms with Crippen molar-refractivity contribution in [2.75, 3.05) is 33.0 Å². The number of ether oxygens (including phenoxy) is 8. The Labute approximate surface area is 616 Å². The first-order valence-electron chi connectivity index (χ1n) is 39.6. The van der Waals surface area contributed by atoms with Gasteiger partial charge in [-0.3, -0.25) is 14.4 Å². The quantitative estimate of drug-likeness (QED) is 0.0299. The maximum absolute atomic E-state index is 13.6. The third-order valence-electron chi connectivity index (χ3n) is 20.5. The molecule has 0 radical (unpaired) electrons. The number of amides is 3. The van der Waals surface area contributed by atoms with E-state index in [-0.39, 0.29) is 12.3 Å². The molecule has 608 valence electrons. The monoisotopic (exact) mass is 1500 g/mol. The highest BCUT2D eigenvalue weighted by atomic mass is 16.8. The molecule has 23 atom stereocenters. The highest BCUT2D eigenvalue weighted by molar-refractivity contribution is 5.77. The average Bonchev–Trinajstić information content (AvgIpc) is 0.749. The molecule has 0 aromatic rings. The summed E-state index contributed by atoms with van der Waals surface area (Å²) in [4.78, 5) is 52.1. The number of aliphatic carboxylic acids is 1. The molecular weight excluding hydrogens is 1360 g/mol. The van der Waals surface area contributed by atoms with Gasteiger partial charge in [-0.05, 0) is 19.3 Å². The summed E-state index contributed by atoms with van der Waals surface area (Å²) in [7, 11) is 0. The number of hydrogen-bond acceptors (Lipinski definition) is 25. The van der Waals surface area contributed by atoms with Crippen LogP contribution in [0.25, 0.3) is 0 Å². The van der Waals surface area contributed by atoms with Crippen LogP contribution in [0.3, 0.4) is 0 Å². The van der Waals surface area contributed by atoms with Crippen LogP contribution in [0.2, 0.25) is 0 Å². The standard InChI is InChI=1S/C75H137N3O26/c1-5-7-9-11-13-15-17-19-20-21-22-23-24-25-26-27-28-30-32-34-36-38-40-42-58(88)78-51(52(85)41-39-37-35-33-31-29-18-16-14-12-10-8-6-2)48-97-72-65(93)64(92)67(56(46-81)99-72)101-73-66(94)70(68(57(47-82)100-73)102-71-60(77-50(4)84)63(91)62(90)55(45-80)98-71)104-75(74(95)96)43-53(86)59(76-49(3)83)69(103-75)61(89)54(87)44-79/h39,41,51-57,59-73,79-82,85-87,89-94H,5-38,40,42-48H2,1-4H3,(H,76,83)(H,77,84)(H,78,88)(H,95,96)/t51-,52+,53-,54+,55+,56+,57+,59+,60+,61+,62-,63+,64+,65+,66+,67+,68-,69?,70+,71-,72+,73-,75-/m0/s1. The Bertz CT molecular complexity index is 2320. The molecule has 4 fully saturated rings. The third kappa shape index (κ3) is 32.4. The molecule has 4 aliphatic heterocycles. The van der Waals surface area contributed by atoms with Crippen molar-refractivity contribution in [2.24, 2.45) is 0 Å². The number of carboxylic acids is 1. The fourth-order valence-electron chi connectivity index (χ4n) is 14.2. The van der Waals surface area contributed by atoms with Crippen molar-refractivity contribution in [1.29, 1.82) is 0 Å². The summed E-state index contributed by atoms with van der Waals surface area (Å²) in [6, 6.07) is -4.52. The number of nitrogens with one attached hydrogen (secondary N) is 3. The van der Waals surface area contributed by atoms with Crippen LogP contribution in [-0.2, 0) is 57.1 Å². The molecule has 0 aromatic heterocycles. The Morgan fingerprint density at radius 3 is 1.39 bits per heavy atom. The van der Waals surface area contributed by atoms with E-state index in [0.29, 0.717) is 12.8 Å². The molecule has 4 heterocycles. The molecule has 17 N–H and O–H groups in total. The van der Waals surface area contributed by atoms with Gasteiger partial charge in [0.2, 0.25) is 17.7 Å². The van der Waals surface area contributed by atoms with E-state index in [1.54, 1.807) is 6.08 Å². The number of unbranched alkanes of at least 4 members (excludes halogenated alkanes) is 33. The normalized spacial score (nSPS) is 30.8. The third-order valence-corrected chi connectivity index (χ3v) is 20.5. The van der Waals surface area contributed by atoms with Crippen molar-refractivity contribution >= 4 is 23.7 Å². The summed E-state index contributed by atoms with van der Waals surface area (Å²) in [5.74, 6) is -7.36. The second kappa shape index (κ2) is 52.8. The molecule has 4 saturated heterocycles. The van der Waals surface area contributed by atoms with E-state index >= 15 is 0 Å². The van der Waals surface area contributed by atoms with E-state index in [9.17, 15) is 90.7 Å². The molecular formula is C75H137N3O26. The second-order valence-corrected chi connectivity index (χ2v) is 29.3. The minimum Gasteiger partial charge on any atom is -0.477 e. The molecule has 0 aliphatic carbocycles. The molecule has 29 nitrogen and oxygen atoms in total. The summed E-state index contributed by atoms with van der Waals surface area (Å²) in [6.45, 7) is 1.77. The van der Waals surface area contributed by atoms with E-state index in [0.717, 1.165) is 65.2 Å². The molecule has 0 spiro atoms. The highest BCUT2D eigenvalue weighted by Gasteiger charge is 2.62. The lowest BCUT2D eigenvalue weighted by Gasteiger charge is -2.52. The van der Waals surface area contributed by atoms with Gasteiger partial charge in [-0.2, -0.15) is 0 Å². The van der Waals surface area contributed by atoms with Gasteiger partial charge in [0.25, 0.3) is 5.79 Å². The largest absolute Gasteiger partial charge is 0.477 e. The van der Waals surface area contributed by atoms with Crippen LogP contribution in [0.5, 0.6) is 0 Å². The molecule has 29 heteroatoms. The van der Waals surface area contributed by atoms with Crippen molar-refractivity contribution in [2.45, 2.75) is 406 Å². The van der Waals surface area contributed by atoms with Gasteiger partial charge < -0.3 is 125 Å². The van der Waals surface area contributed by atoms with Crippen LogP contribution < -0.4 is 16.0 Å². The molecule has 4 rings (SSSR count). The molecule has 104 heavy (non-hydrogen) atoms. The van der Waals surface area contributed by atoms with E-state index in [1.807, 2.05) is 6.08 Å². The lowest BCUT2D eigenvalue weighted by molar-refractivity contribution is -0.401. The first kappa shape index (κ1) is 93.2. The van der Waals surface area contributed by atoms with Gasteiger partial charge in [0, 0.05) is 26.7 Å². The topological polar surface area (TPSA) is 461 Å². The Kier molecular flexibility index (Phi) is 47.3. The van der Waals surface area contributed by atoms with Crippen LogP contribution in [0.4, 0.5) is 0 Å². The van der Waals surface area contributed by atoms with Crippen LogP contribution in [0.1, 0.15) is 265 Å². The number of carbonyl (C=O) groups is 4. The zero-order chi connectivity index (χ0) is 76.4. The molecule has 4 aliphatic rings. The number of hydrogen-bond donors (Lipinski definition) is 17.